The van der Waals surface area contributed by atoms with E-state index in [1.54, 1.807) is 14.0 Å². The molecule has 0 radical (unpaired) electrons. The van der Waals surface area contributed by atoms with Crippen molar-refractivity contribution in [3.63, 3.8) is 0 Å². The summed E-state index contributed by atoms with van der Waals surface area (Å²) in [6.45, 7) is 2.76. The summed E-state index contributed by atoms with van der Waals surface area (Å²) in [5.74, 6) is 1.54. The maximum atomic E-state index is 10.0. The number of hydrogen-bond donors (Lipinski definition) is 3. The average molecular weight is 239 g/mol. The number of aromatic nitrogens is 1. The van der Waals surface area contributed by atoms with Gasteiger partial charge in [0.1, 0.15) is 11.6 Å². The number of ether oxygens (including phenoxy) is 1. The molecule has 17 heavy (non-hydrogen) atoms. The van der Waals surface area contributed by atoms with Crippen LogP contribution in [0.1, 0.15) is 13.3 Å². The van der Waals surface area contributed by atoms with E-state index in [0.717, 1.165) is 11.6 Å². The summed E-state index contributed by atoms with van der Waals surface area (Å²) in [7, 11) is 3.45. The fourth-order valence-electron chi connectivity index (χ4n) is 1.36. The molecule has 0 spiro atoms. The Labute approximate surface area is 102 Å². The minimum absolute atomic E-state index is 0.441. The van der Waals surface area contributed by atoms with E-state index >= 15 is 0 Å². The third-order valence-corrected chi connectivity index (χ3v) is 2.50. The molecule has 0 saturated carbocycles. The number of hydrogen-bond acceptors (Lipinski definition) is 5. The lowest BCUT2D eigenvalue weighted by molar-refractivity contribution is 0.0357. The van der Waals surface area contributed by atoms with Crippen LogP contribution in [0, 0.1) is 0 Å². The highest BCUT2D eigenvalue weighted by Crippen LogP contribution is 2.13. The largest absolute Gasteiger partial charge is 0.388 e. The Kier molecular flexibility index (Phi) is 5.18. The van der Waals surface area contributed by atoms with Crippen LogP contribution in [0.2, 0.25) is 0 Å². The highest BCUT2D eigenvalue weighted by Gasteiger charge is 2.19. The van der Waals surface area contributed by atoms with Crippen LogP contribution in [-0.4, -0.2) is 43.0 Å². The van der Waals surface area contributed by atoms with Crippen molar-refractivity contribution in [3.05, 3.63) is 18.2 Å². The SMILES string of the molecule is CNc1cccc(NCC(C)(O)CCOC)n1. The maximum Gasteiger partial charge on any atom is 0.128 e. The molecule has 5 nitrogen and oxygen atoms in total. The molecule has 1 aromatic rings. The van der Waals surface area contributed by atoms with E-state index in [9.17, 15) is 5.11 Å². The zero-order valence-electron chi connectivity index (χ0n) is 10.7. The number of rotatable bonds is 7. The molecule has 1 rings (SSSR count). The van der Waals surface area contributed by atoms with Gasteiger partial charge in [-0.3, -0.25) is 0 Å². The van der Waals surface area contributed by atoms with Gasteiger partial charge in [-0.2, -0.15) is 0 Å². The number of nitrogens with one attached hydrogen (secondary N) is 2. The van der Waals surface area contributed by atoms with Crippen molar-refractivity contribution in [3.8, 4) is 0 Å². The van der Waals surface area contributed by atoms with Gasteiger partial charge in [-0.15, -0.1) is 0 Å². The number of pyridine rings is 1. The first kappa shape index (κ1) is 13.7. The van der Waals surface area contributed by atoms with Crippen LogP contribution >= 0.6 is 0 Å². The lowest BCUT2D eigenvalue weighted by Gasteiger charge is -2.23. The van der Waals surface area contributed by atoms with Crippen LogP contribution in [0.3, 0.4) is 0 Å². The van der Waals surface area contributed by atoms with Crippen molar-refractivity contribution in [1.82, 2.24) is 4.98 Å². The molecule has 3 N–H and O–H groups in total. The van der Waals surface area contributed by atoms with Gasteiger partial charge in [0.05, 0.1) is 5.60 Å². The van der Waals surface area contributed by atoms with Gasteiger partial charge >= 0.3 is 0 Å². The highest BCUT2D eigenvalue weighted by atomic mass is 16.5. The molecule has 0 aliphatic heterocycles. The van der Waals surface area contributed by atoms with Gasteiger partial charge < -0.3 is 20.5 Å². The van der Waals surface area contributed by atoms with Crippen molar-refractivity contribution >= 4 is 11.6 Å². The Hall–Kier alpha value is -1.33. The molecule has 0 saturated heterocycles. The van der Waals surface area contributed by atoms with Gasteiger partial charge in [-0.05, 0) is 19.1 Å². The Balaban J connectivity index is 2.48. The Morgan fingerprint density at radius 2 is 2.12 bits per heavy atom. The smallest absolute Gasteiger partial charge is 0.128 e. The Morgan fingerprint density at radius 1 is 1.41 bits per heavy atom. The third kappa shape index (κ3) is 5.01. The van der Waals surface area contributed by atoms with Crippen molar-refractivity contribution in [2.75, 3.05) is 37.9 Å². The molecule has 1 aromatic heterocycles. The fraction of sp³-hybridized carbons (Fsp3) is 0.583. The molecular weight excluding hydrogens is 218 g/mol. The van der Waals surface area contributed by atoms with Crippen molar-refractivity contribution in [1.29, 1.82) is 0 Å². The van der Waals surface area contributed by atoms with Gasteiger partial charge in [0.15, 0.2) is 0 Å². The summed E-state index contributed by atoms with van der Waals surface area (Å²) in [5, 5.41) is 16.1. The van der Waals surface area contributed by atoms with Crippen molar-refractivity contribution in [2.24, 2.45) is 0 Å². The molecule has 1 unspecified atom stereocenters. The Morgan fingerprint density at radius 3 is 2.76 bits per heavy atom. The minimum Gasteiger partial charge on any atom is -0.388 e. The van der Waals surface area contributed by atoms with Crippen LogP contribution in [0.5, 0.6) is 0 Å². The predicted octanol–water partition coefficient (Wildman–Crippen LogP) is 1.32. The van der Waals surface area contributed by atoms with E-state index in [2.05, 4.69) is 15.6 Å². The lowest BCUT2D eigenvalue weighted by Crippen LogP contribution is -2.34. The molecule has 0 fully saturated rings. The van der Waals surface area contributed by atoms with E-state index in [1.807, 2.05) is 25.2 Å². The quantitative estimate of drug-likeness (QED) is 0.669. The van der Waals surface area contributed by atoms with Crippen LogP contribution in [0.4, 0.5) is 11.6 Å². The van der Waals surface area contributed by atoms with Gasteiger partial charge in [0.25, 0.3) is 0 Å². The topological polar surface area (TPSA) is 66.4 Å². The second kappa shape index (κ2) is 6.42. The standard InChI is InChI=1S/C12H21N3O2/c1-12(16,7-8-17-3)9-14-11-6-4-5-10(13-2)15-11/h4-6,16H,7-9H2,1-3H3,(H2,13,14,15). The predicted molar refractivity (Wildman–Crippen MR) is 69.4 cm³/mol. The number of nitrogens with zero attached hydrogens (tertiary/aromatic N) is 1. The van der Waals surface area contributed by atoms with Crippen LogP contribution in [0.15, 0.2) is 18.2 Å². The lowest BCUT2D eigenvalue weighted by atomic mass is 10.0. The summed E-state index contributed by atoms with van der Waals surface area (Å²) in [6, 6.07) is 5.66. The van der Waals surface area contributed by atoms with Gasteiger partial charge in [0.2, 0.25) is 0 Å². The first-order valence-corrected chi connectivity index (χ1v) is 5.67. The summed E-state index contributed by atoms with van der Waals surface area (Å²) in [4.78, 5) is 4.31. The second-order valence-electron chi connectivity index (χ2n) is 4.25. The number of anilines is 2. The zero-order chi connectivity index (χ0) is 12.7. The van der Waals surface area contributed by atoms with E-state index in [4.69, 9.17) is 4.74 Å². The molecule has 0 bridgehead atoms. The normalized spacial score (nSPS) is 14.1. The van der Waals surface area contributed by atoms with Crippen molar-refractivity contribution in [2.45, 2.75) is 18.9 Å². The second-order valence-corrected chi connectivity index (χ2v) is 4.25. The average Bonchev–Trinajstić information content (AvgIpc) is 2.34. The zero-order valence-corrected chi connectivity index (χ0v) is 10.7. The molecule has 0 aliphatic carbocycles. The van der Waals surface area contributed by atoms with Crippen molar-refractivity contribution < 1.29 is 9.84 Å². The van der Waals surface area contributed by atoms with E-state index in [0.29, 0.717) is 19.6 Å². The molecular formula is C12H21N3O2. The van der Waals surface area contributed by atoms with Crippen LogP contribution in [0.25, 0.3) is 0 Å². The molecule has 5 heteroatoms. The highest BCUT2D eigenvalue weighted by molar-refractivity contribution is 5.44. The summed E-state index contributed by atoms with van der Waals surface area (Å²) in [5.41, 5.74) is -0.798. The van der Waals surface area contributed by atoms with Gasteiger partial charge in [-0.1, -0.05) is 6.07 Å². The summed E-state index contributed by atoms with van der Waals surface area (Å²) < 4.78 is 4.95. The third-order valence-electron chi connectivity index (χ3n) is 2.50. The molecule has 0 amide bonds. The molecule has 1 atom stereocenters. The molecule has 0 aromatic carbocycles. The molecule has 96 valence electrons. The van der Waals surface area contributed by atoms with Crippen LogP contribution < -0.4 is 10.6 Å². The first-order valence-electron chi connectivity index (χ1n) is 5.67. The van der Waals surface area contributed by atoms with Gasteiger partial charge in [-0.25, -0.2) is 4.98 Å². The molecule has 0 aliphatic rings. The fourth-order valence-corrected chi connectivity index (χ4v) is 1.36. The maximum absolute atomic E-state index is 10.0. The van der Waals surface area contributed by atoms with E-state index < -0.39 is 5.60 Å². The van der Waals surface area contributed by atoms with Crippen LogP contribution in [-0.2, 0) is 4.74 Å². The number of aliphatic hydroxyl groups is 1. The minimum atomic E-state index is -0.798. The van der Waals surface area contributed by atoms with E-state index in [-0.39, 0.29) is 0 Å². The monoisotopic (exact) mass is 239 g/mol. The molecule has 1 heterocycles. The summed E-state index contributed by atoms with van der Waals surface area (Å²) in [6.07, 6.45) is 0.586. The number of methoxy groups -OCH3 is 1. The van der Waals surface area contributed by atoms with Gasteiger partial charge in [0, 0.05) is 33.7 Å². The Bertz CT molecular complexity index is 342. The van der Waals surface area contributed by atoms with E-state index in [1.165, 1.54) is 0 Å². The first-order chi connectivity index (χ1) is 8.07. The summed E-state index contributed by atoms with van der Waals surface area (Å²) >= 11 is 0.